The van der Waals surface area contributed by atoms with Crippen LogP contribution < -0.4 is 5.73 Å². The maximum absolute atomic E-state index is 12.1. The van der Waals surface area contributed by atoms with E-state index in [4.69, 9.17) is 5.73 Å². The molecule has 2 amide bonds. The molecule has 0 radical (unpaired) electrons. The van der Waals surface area contributed by atoms with E-state index in [1.807, 2.05) is 0 Å². The minimum absolute atomic E-state index is 0.265. The molecular weight excluding hydrogens is 246 g/mol. The Balaban J connectivity index is 1.82. The maximum atomic E-state index is 12.1. The number of benzene rings is 1. The smallest absolute Gasteiger partial charge is 0.261 e. The zero-order valence-electron chi connectivity index (χ0n) is 9.96. The van der Waals surface area contributed by atoms with Crippen LogP contribution in [0.3, 0.4) is 0 Å². The number of nitrogens with two attached hydrogens (primary N) is 1. The summed E-state index contributed by atoms with van der Waals surface area (Å²) in [4.78, 5) is 29.4. The Kier molecular flexibility index (Phi) is 2.52. The van der Waals surface area contributed by atoms with Gasteiger partial charge in [-0.2, -0.15) is 5.10 Å². The van der Waals surface area contributed by atoms with Crippen molar-refractivity contribution in [2.75, 3.05) is 12.3 Å². The standard InChI is InChI=1S/C12H11N5O2/c13-7-1-2-8-9(5-7)12(19)17(11(8)18)4-3-10-14-6-15-16-10/h1-2,5-6H,3-4,13H2,(H,14,15,16). The Morgan fingerprint density at radius 3 is 2.74 bits per heavy atom. The Morgan fingerprint density at radius 1 is 1.21 bits per heavy atom. The monoisotopic (exact) mass is 257 g/mol. The van der Waals surface area contributed by atoms with Crippen molar-refractivity contribution in [1.29, 1.82) is 0 Å². The van der Waals surface area contributed by atoms with Crippen LogP contribution in [0.2, 0.25) is 0 Å². The summed E-state index contributed by atoms with van der Waals surface area (Å²) >= 11 is 0. The van der Waals surface area contributed by atoms with Crippen molar-refractivity contribution in [2.45, 2.75) is 6.42 Å². The maximum Gasteiger partial charge on any atom is 0.261 e. The van der Waals surface area contributed by atoms with Gasteiger partial charge in [-0.3, -0.25) is 19.6 Å². The fourth-order valence-electron chi connectivity index (χ4n) is 2.08. The number of anilines is 1. The number of aromatic amines is 1. The van der Waals surface area contributed by atoms with Crippen LogP contribution in [0.5, 0.6) is 0 Å². The fraction of sp³-hybridized carbons (Fsp3) is 0.167. The van der Waals surface area contributed by atoms with E-state index in [1.165, 1.54) is 17.3 Å². The predicted molar refractivity (Wildman–Crippen MR) is 66.3 cm³/mol. The first kappa shape index (κ1) is 11.4. The number of amides is 2. The zero-order chi connectivity index (χ0) is 13.4. The summed E-state index contributed by atoms with van der Waals surface area (Å²) < 4.78 is 0. The third kappa shape index (κ3) is 1.85. The van der Waals surface area contributed by atoms with E-state index < -0.39 is 0 Å². The molecule has 0 bridgehead atoms. The van der Waals surface area contributed by atoms with Crippen LogP contribution in [-0.2, 0) is 6.42 Å². The first-order chi connectivity index (χ1) is 9.16. The molecule has 3 rings (SSSR count). The van der Waals surface area contributed by atoms with Crippen LogP contribution in [0.15, 0.2) is 24.5 Å². The van der Waals surface area contributed by atoms with Gasteiger partial charge in [-0.05, 0) is 18.2 Å². The molecular formula is C12H11N5O2. The molecule has 0 saturated carbocycles. The summed E-state index contributed by atoms with van der Waals surface area (Å²) in [6.45, 7) is 0.265. The second kappa shape index (κ2) is 4.20. The van der Waals surface area contributed by atoms with Crippen molar-refractivity contribution >= 4 is 17.5 Å². The summed E-state index contributed by atoms with van der Waals surface area (Å²) in [7, 11) is 0. The van der Waals surface area contributed by atoms with Crippen molar-refractivity contribution in [2.24, 2.45) is 0 Å². The third-order valence-electron chi connectivity index (χ3n) is 3.03. The van der Waals surface area contributed by atoms with Crippen molar-refractivity contribution in [3.8, 4) is 0 Å². The van der Waals surface area contributed by atoms with Crippen molar-refractivity contribution < 1.29 is 9.59 Å². The average molecular weight is 257 g/mol. The lowest BCUT2D eigenvalue weighted by Crippen LogP contribution is -2.31. The molecule has 3 N–H and O–H groups in total. The van der Waals surface area contributed by atoms with Gasteiger partial charge in [-0.1, -0.05) is 0 Å². The molecule has 0 aliphatic carbocycles. The lowest BCUT2D eigenvalue weighted by molar-refractivity contribution is 0.0655. The quantitative estimate of drug-likeness (QED) is 0.604. The Morgan fingerprint density at radius 2 is 2.00 bits per heavy atom. The molecule has 0 unspecified atom stereocenters. The normalized spacial score (nSPS) is 14.0. The molecule has 0 atom stereocenters. The van der Waals surface area contributed by atoms with Gasteiger partial charge in [-0.15, -0.1) is 0 Å². The van der Waals surface area contributed by atoms with Crippen LogP contribution in [0.25, 0.3) is 0 Å². The second-order valence-corrected chi connectivity index (χ2v) is 4.25. The Hall–Kier alpha value is -2.70. The third-order valence-corrected chi connectivity index (χ3v) is 3.03. The van der Waals surface area contributed by atoms with Gasteiger partial charge in [-0.25, -0.2) is 4.98 Å². The number of fused-ring (bicyclic) bond motifs is 1. The summed E-state index contributed by atoms with van der Waals surface area (Å²) in [6, 6.07) is 4.73. The number of aromatic nitrogens is 3. The molecule has 1 aliphatic heterocycles. The summed E-state index contributed by atoms with van der Waals surface area (Å²) in [5.41, 5.74) is 6.86. The van der Waals surface area contributed by atoms with Crippen molar-refractivity contribution in [3.05, 3.63) is 41.5 Å². The molecule has 1 aromatic carbocycles. The number of nitrogens with one attached hydrogen (secondary N) is 1. The summed E-state index contributed by atoms with van der Waals surface area (Å²) in [6.07, 6.45) is 1.83. The minimum atomic E-state index is -0.313. The van der Waals surface area contributed by atoms with Crippen LogP contribution in [0, 0.1) is 0 Å². The summed E-state index contributed by atoms with van der Waals surface area (Å²) in [5, 5.41) is 6.41. The van der Waals surface area contributed by atoms with Gasteiger partial charge in [0.2, 0.25) is 0 Å². The van der Waals surface area contributed by atoms with E-state index in [0.717, 1.165) is 0 Å². The van der Waals surface area contributed by atoms with E-state index in [0.29, 0.717) is 29.1 Å². The SMILES string of the molecule is Nc1ccc2c(c1)C(=O)N(CCc1ncn[nH]1)C2=O. The van der Waals surface area contributed by atoms with Gasteiger partial charge in [0.15, 0.2) is 0 Å². The van der Waals surface area contributed by atoms with Crippen LogP contribution in [0.1, 0.15) is 26.5 Å². The number of carbonyl (C=O) groups excluding carboxylic acids is 2. The first-order valence-corrected chi connectivity index (χ1v) is 5.77. The number of nitrogens with zero attached hydrogens (tertiary/aromatic N) is 3. The number of carbonyl (C=O) groups is 2. The molecule has 0 fully saturated rings. The topological polar surface area (TPSA) is 105 Å². The van der Waals surface area contributed by atoms with E-state index >= 15 is 0 Å². The van der Waals surface area contributed by atoms with Gasteiger partial charge in [0.25, 0.3) is 11.8 Å². The zero-order valence-corrected chi connectivity index (χ0v) is 9.96. The van der Waals surface area contributed by atoms with E-state index in [9.17, 15) is 9.59 Å². The minimum Gasteiger partial charge on any atom is -0.399 e. The van der Waals surface area contributed by atoms with Crippen molar-refractivity contribution in [1.82, 2.24) is 20.1 Å². The predicted octanol–water partition coefficient (Wildman–Crippen LogP) is 0.226. The van der Waals surface area contributed by atoms with E-state index in [2.05, 4.69) is 15.2 Å². The highest BCUT2D eigenvalue weighted by Crippen LogP contribution is 2.24. The van der Waals surface area contributed by atoms with Gasteiger partial charge in [0, 0.05) is 18.7 Å². The molecule has 1 aliphatic rings. The van der Waals surface area contributed by atoms with E-state index in [-0.39, 0.29) is 18.4 Å². The molecule has 96 valence electrons. The molecule has 0 saturated heterocycles. The highest BCUT2D eigenvalue weighted by atomic mass is 16.2. The number of hydrogen-bond acceptors (Lipinski definition) is 5. The molecule has 7 heteroatoms. The number of H-pyrrole nitrogens is 1. The average Bonchev–Trinajstić information content (AvgIpc) is 2.98. The highest BCUT2D eigenvalue weighted by Gasteiger charge is 2.35. The largest absolute Gasteiger partial charge is 0.399 e. The van der Waals surface area contributed by atoms with Gasteiger partial charge in [0.05, 0.1) is 11.1 Å². The lowest BCUT2D eigenvalue weighted by atomic mass is 10.1. The lowest BCUT2D eigenvalue weighted by Gasteiger charge is -2.12. The molecule has 2 heterocycles. The van der Waals surface area contributed by atoms with E-state index in [1.54, 1.807) is 12.1 Å². The Bertz CT molecular complexity index is 650. The van der Waals surface area contributed by atoms with Crippen molar-refractivity contribution in [3.63, 3.8) is 0 Å². The van der Waals surface area contributed by atoms with Crippen LogP contribution in [-0.4, -0.2) is 38.4 Å². The highest BCUT2D eigenvalue weighted by molar-refractivity contribution is 6.21. The molecule has 1 aromatic heterocycles. The number of imide groups is 1. The van der Waals surface area contributed by atoms with Gasteiger partial charge in [0.1, 0.15) is 12.2 Å². The first-order valence-electron chi connectivity index (χ1n) is 5.77. The van der Waals surface area contributed by atoms with Gasteiger partial charge < -0.3 is 5.73 Å². The number of rotatable bonds is 3. The van der Waals surface area contributed by atoms with Gasteiger partial charge >= 0.3 is 0 Å². The van der Waals surface area contributed by atoms with Crippen LogP contribution >= 0.6 is 0 Å². The summed E-state index contributed by atoms with van der Waals surface area (Å²) in [5.74, 6) is 0.0300. The molecule has 0 spiro atoms. The second-order valence-electron chi connectivity index (χ2n) is 4.25. The molecule has 19 heavy (non-hydrogen) atoms. The Labute approximate surface area is 108 Å². The molecule has 7 nitrogen and oxygen atoms in total. The van der Waals surface area contributed by atoms with Crippen LogP contribution in [0.4, 0.5) is 5.69 Å². The molecule has 2 aromatic rings. The fourth-order valence-corrected chi connectivity index (χ4v) is 2.08. The number of nitrogen functional groups attached to an aromatic ring is 1. The number of hydrogen-bond donors (Lipinski definition) is 2.